The van der Waals surface area contributed by atoms with Crippen LogP contribution < -0.4 is 9.47 Å². The van der Waals surface area contributed by atoms with Crippen molar-refractivity contribution < 1.29 is 28.9 Å². The minimum atomic E-state index is -1.27. The van der Waals surface area contributed by atoms with Crippen molar-refractivity contribution in [1.29, 1.82) is 0 Å². The molecular formula is C19H22O6. The van der Waals surface area contributed by atoms with E-state index in [4.69, 9.17) is 14.2 Å². The quantitative estimate of drug-likeness (QED) is 0.766. The van der Waals surface area contributed by atoms with E-state index in [1.807, 2.05) is 0 Å². The molecule has 0 spiro atoms. The molecule has 0 radical (unpaired) electrons. The summed E-state index contributed by atoms with van der Waals surface area (Å²) in [5.74, 6) is -1.68. The lowest BCUT2D eigenvalue weighted by molar-refractivity contribution is 0.0508. The molecular weight excluding hydrogens is 324 g/mol. The molecule has 6 nitrogen and oxygen atoms in total. The van der Waals surface area contributed by atoms with Gasteiger partial charge in [-0.2, -0.15) is 0 Å². The number of carbonyl (C=O) groups is 2. The molecule has 134 valence electrons. The first-order chi connectivity index (χ1) is 11.9. The SMILES string of the molecule is CCOC(=O)c1c(C(=O)O)c(OC(C)C)c2ccccc2c1OCC. The minimum Gasteiger partial charge on any atom is -0.492 e. The van der Waals surface area contributed by atoms with Gasteiger partial charge in [-0.15, -0.1) is 0 Å². The maximum absolute atomic E-state index is 12.5. The summed E-state index contributed by atoms with van der Waals surface area (Å²) >= 11 is 0. The second-order valence-corrected chi connectivity index (χ2v) is 5.58. The first-order valence-corrected chi connectivity index (χ1v) is 8.20. The van der Waals surface area contributed by atoms with Crippen LogP contribution in [0.1, 0.15) is 48.4 Å². The largest absolute Gasteiger partial charge is 0.492 e. The lowest BCUT2D eigenvalue weighted by Gasteiger charge is -2.21. The van der Waals surface area contributed by atoms with Gasteiger partial charge in [0, 0.05) is 10.8 Å². The molecule has 2 aromatic carbocycles. The van der Waals surface area contributed by atoms with Crippen LogP contribution >= 0.6 is 0 Å². The summed E-state index contributed by atoms with van der Waals surface area (Å²) in [6.07, 6.45) is -0.269. The summed E-state index contributed by atoms with van der Waals surface area (Å²) in [6.45, 7) is 7.41. The third kappa shape index (κ3) is 3.68. The topological polar surface area (TPSA) is 82.1 Å². The highest BCUT2D eigenvalue weighted by atomic mass is 16.5. The Hall–Kier alpha value is -2.76. The zero-order valence-corrected chi connectivity index (χ0v) is 14.8. The van der Waals surface area contributed by atoms with Crippen LogP contribution in [0.5, 0.6) is 11.5 Å². The lowest BCUT2D eigenvalue weighted by Crippen LogP contribution is -2.18. The van der Waals surface area contributed by atoms with Crippen molar-refractivity contribution in [2.75, 3.05) is 13.2 Å². The van der Waals surface area contributed by atoms with Gasteiger partial charge >= 0.3 is 11.9 Å². The van der Waals surface area contributed by atoms with E-state index in [1.54, 1.807) is 52.0 Å². The van der Waals surface area contributed by atoms with E-state index < -0.39 is 11.9 Å². The van der Waals surface area contributed by atoms with Crippen molar-refractivity contribution in [2.45, 2.75) is 33.8 Å². The number of carboxylic acids is 1. The van der Waals surface area contributed by atoms with Gasteiger partial charge in [-0.25, -0.2) is 9.59 Å². The van der Waals surface area contributed by atoms with E-state index in [-0.39, 0.29) is 41.9 Å². The maximum Gasteiger partial charge on any atom is 0.342 e. The van der Waals surface area contributed by atoms with Crippen LogP contribution in [0.15, 0.2) is 24.3 Å². The van der Waals surface area contributed by atoms with E-state index in [0.717, 1.165) is 0 Å². The Bertz CT molecular complexity index is 794. The molecule has 0 saturated heterocycles. The number of rotatable bonds is 7. The molecule has 0 unspecified atom stereocenters. The highest BCUT2D eigenvalue weighted by Crippen LogP contribution is 2.42. The van der Waals surface area contributed by atoms with Gasteiger partial charge in [0.25, 0.3) is 0 Å². The highest BCUT2D eigenvalue weighted by Gasteiger charge is 2.31. The number of hydrogen-bond acceptors (Lipinski definition) is 5. The van der Waals surface area contributed by atoms with E-state index in [0.29, 0.717) is 10.8 Å². The van der Waals surface area contributed by atoms with Gasteiger partial charge in [-0.3, -0.25) is 0 Å². The molecule has 0 aliphatic carbocycles. The Kier molecular flexibility index (Phi) is 5.85. The summed E-state index contributed by atoms with van der Waals surface area (Å²) in [5.41, 5.74) is -0.361. The van der Waals surface area contributed by atoms with Crippen molar-refractivity contribution in [2.24, 2.45) is 0 Å². The number of ether oxygens (including phenoxy) is 3. The van der Waals surface area contributed by atoms with Gasteiger partial charge < -0.3 is 19.3 Å². The van der Waals surface area contributed by atoms with Crippen LogP contribution in [0, 0.1) is 0 Å². The second-order valence-electron chi connectivity index (χ2n) is 5.58. The average Bonchev–Trinajstić information content (AvgIpc) is 2.56. The molecule has 0 aromatic heterocycles. The van der Waals surface area contributed by atoms with E-state index in [1.165, 1.54) is 0 Å². The molecule has 1 N–H and O–H groups in total. The summed E-state index contributed by atoms with van der Waals surface area (Å²) in [4.78, 5) is 24.5. The predicted octanol–water partition coefficient (Wildman–Crippen LogP) is 3.90. The van der Waals surface area contributed by atoms with Crippen LogP contribution in [-0.4, -0.2) is 36.4 Å². The number of aromatic carboxylic acids is 1. The van der Waals surface area contributed by atoms with Gasteiger partial charge in [0.05, 0.1) is 19.3 Å². The van der Waals surface area contributed by atoms with Gasteiger partial charge in [-0.05, 0) is 27.7 Å². The van der Waals surface area contributed by atoms with Crippen molar-refractivity contribution in [1.82, 2.24) is 0 Å². The van der Waals surface area contributed by atoms with Gasteiger partial charge in [-0.1, -0.05) is 24.3 Å². The van der Waals surface area contributed by atoms with Crippen LogP contribution in [-0.2, 0) is 4.74 Å². The van der Waals surface area contributed by atoms with Crippen LogP contribution in [0.2, 0.25) is 0 Å². The summed E-state index contributed by atoms with van der Waals surface area (Å²) in [6, 6.07) is 7.08. The zero-order chi connectivity index (χ0) is 18.6. The summed E-state index contributed by atoms with van der Waals surface area (Å²) in [7, 11) is 0. The summed E-state index contributed by atoms with van der Waals surface area (Å²) < 4.78 is 16.5. The molecule has 0 atom stereocenters. The standard InChI is InChI=1S/C19H22O6/c1-5-23-16-12-9-7-8-10-13(12)17(25-11(3)4)14(18(20)21)15(16)19(22)24-6-2/h7-11H,5-6H2,1-4H3,(H,20,21). The fourth-order valence-corrected chi connectivity index (χ4v) is 2.63. The number of carbonyl (C=O) groups excluding carboxylic acids is 1. The molecule has 0 bridgehead atoms. The monoisotopic (exact) mass is 346 g/mol. The Morgan fingerprint density at radius 2 is 1.60 bits per heavy atom. The van der Waals surface area contributed by atoms with Crippen LogP contribution in [0.25, 0.3) is 10.8 Å². The third-order valence-electron chi connectivity index (χ3n) is 3.46. The van der Waals surface area contributed by atoms with Crippen LogP contribution in [0.4, 0.5) is 0 Å². The molecule has 2 rings (SSSR count). The number of hydrogen-bond donors (Lipinski definition) is 1. The van der Waals surface area contributed by atoms with E-state index >= 15 is 0 Å². The third-order valence-corrected chi connectivity index (χ3v) is 3.46. The number of fused-ring (bicyclic) bond motifs is 1. The molecule has 25 heavy (non-hydrogen) atoms. The minimum absolute atomic E-state index is 0.120. The molecule has 0 fully saturated rings. The lowest BCUT2D eigenvalue weighted by atomic mass is 9.97. The Labute approximate surface area is 146 Å². The molecule has 0 aliphatic rings. The van der Waals surface area contributed by atoms with Crippen LogP contribution in [0.3, 0.4) is 0 Å². The smallest absolute Gasteiger partial charge is 0.342 e. The number of esters is 1. The van der Waals surface area contributed by atoms with Crippen molar-refractivity contribution in [3.05, 3.63) is 35.4 Å². The molecule has 6 heteroatoms. The number of carboxylic acid groups (broad SMARTS) is 1. The normalized spacial score (nSPS) is 10.8. The van der Waals surface area contributed by atoms with Gasteiger partial charge in [0.15, 0.2) is 0 Å². The first kappa shape index (κ1) is 18.6. The molecule has 2 aromatic rings. The summed E-state index contributed by atoms with van der Waals surface area (Å²) in [5, 5.41) is 11.0. The fourth-order valence-electron chi connectivity index (χ4n) is 2.63. The van der Waals surface area contributed by atoms with Gasteiger partial charge in [0.1, 0.15) is 22.6 Å². The average molecular weight is 346 g/mol. The Morgan fingerprint density at radius 3 is 2.08 bits per heavy atom. The van der Waals surface area contributed by atoms with Crippen molar-refractivity contribution in [3.63, 3.8) is 0 Å². The fraction of sp³-hybridized carbons (Fsp3) is 0.368. The Balaban J connectivity index is 2.97. The molecule has 0 heterocycles. The maximum atomic E-state index is 12.5. The molecule has 0 aliphatic heterocycles. The second kappa shape index (κ2) is 7.88. The molecule has 0 saturated carbocycles. The highest BCUT2D eigenvalue weighted by molar-refractivity contribution is 6.14. The predicted molar refractivity (Wildman–Crippen MR) is 93.8 cm³/mol. The first-order valence-electron chi connectivity index (χ1n) is 8.20. The van der Waals surface area contributed by atoms with Gasteiger partial charge in [0.2, 0.25) is 0 Å². The Morgan fingerprint density at radius 1 is 1.00 bits per heavy atom. The van der Waals surface area contributed by atoms with E-state index in [9.17, 15) is 14.7 Å². The molecule has 0 amide bonds. The number of benzene rings is 2. The van der Waals surface area contributed by atoms with Crippen molar-refractivity contribution >= 4 is 22.7 Å². The van der Waals surface area contributed by atoms with E-state index in [2.05, 4.69) is 0 Å². The van der Waals surface area contributed by atoms with Crippen molar-refractivity contribution in [3.8, 4) is 11.5 Å². The zero-order valence-electron chi connectivity index (χ0n) is 14.8.